The smallest absolute Gasteiger partial charge is 0.192 e. The van der Waals surface area contributed by atoms with Crippen LogP contribution < -0.4 is 10.6 Å². The van der Waals surface area contributed by atoms with Crippen molar-refractivity contribution >= 4 is 5.96 Å². The van der Waals surface area contributed by atoms with Gasteiger partial charge in [-0.3, -0.25) is 4.99 Å². The first-order valence-corrected chi connectivity index (χ1v) is 4.89. The average molecular weight is 193 g/mol. The Bertz CT molecular complexity index is 281. The van der Waals surface area contributed by atoms with E-state index in [0.29, 0.717) is 0 Å². The Kier molecular flexibility index (Phi) is 2.75. The van der Waals surface area contributed by atoms with E-state index in [1.54, 1.807) is 0 Å². The van der Waals surface area contributed by atoms with E-state index < -0.39 is 0 Å². The third kappa shape index (κ3) is 2.95. The van der Waals surface area contributed by atoms with Crippen LogP contribution in [0.15, 0.2) is 4.99 Å². The van der Waals surface area contributed by atoms with Crippen LogP contribution in [0.5, 0.6) is 0 Å². The first-order valence-electron chi connectivity index (χ1n) is 4.89. The van der Waals surface area contributed by atoms with Gasteiger partial charge in [0.05, 0.1) is 5.54 Å². The standard InChI is InChI=1S/C11H19N3/c1-6-11(4,5)14-9-12-7-10(2,3)8-13-9/h1H,7-8H2,2-5H3,(H2,12,13,14). The molecular weight excluding hydrogens is 174 g/mol. The van der Waals surface area contributed by atoms with Crippen molar-refractivity contribution < 1.29 is 0 Å². The summed E-state index contributed by atoms with van der Waals surface area (Å²) in [6.07, 6.45) is 5.38. The molecule has 2 N–H and O–H groups in total. The van der Waals surface area contributed by atoms with Crippen LogP contribution in [0.25, 0.3) is 0 Å². The molecule has 0 bridgehead atoms. The van der Waals surface area contributed by atoms with Crippen LogP contribution in [0.4, 0.5) is 0 Å². The molecule has 0 aromatic rings. The molecule has 1 heterocycles. The minimum atomic E-state index is -0.340. The molecule has 1 rings (SSSR count). The summed E-state index contributed by atoms with van der Waals surface area (Å²) in [6.45, 7) is 10.1. The Morgan fingerprint density at radius 3 is 2.64 bits per heavy atom. The predicted octanol–water partition coefficient (Wildman–Crippen LogP) is 0.973. The van der Waals surface area contributed by atoms with Crippen molar-refractivity contribution in [2.45, 2.75) is 33.2 Å². The average Bonchev–Trinajstić information content (AvgIpc) is 2.09. The number of guanidine groups is 1. The van der Waals surface area contributed by atoms with Crippen LogP contribution in [0.3, 0.4) is 0 Å². The zero-order chi connectivity index (χ0) is 10.8. The Balaban J connectivity index is 2.58. The highest BCUT2D eigenvalue weighted by Gasteiger charge is 2.24. The van der Waals surface area contributed by atoms with Gasteiger partial charge in [-0.15, -0.1) is 6.42 Å². The lowest BCUT2D eigenvalue weighted by Crippen LogP contribution is -2.53. The largest absolute Gasteiger partial charge is 0.356 e. The molecule has 3 nitrogen and oxygen atoms in total. The molecule has 14 heavy (non-hydrogen) atoms. The van der Waals surface area contributed by atoms with Gasteiger partial charge in [-0.25, -0.2) is 0 Å². The minimum absolute atomic E-state index is 0.242. The van der Waals surface area contributed by atoms with Gasteiger partial charge in [0.2, 0.25) is 0 Å². The third-order valence-electron chi connectivity index (χ3n) is 2.19. The summed E-state index contributed by atoms with van der Waals surface area (Å²) in [6, 6.07) is 0. The van der Waals surface area contributed by atoms with Gasteiger partial charge >= 0.3 is 0 Å². The van der Waals surface area contributed by atoms with Crippen LogP contribution in [0.1, 0.15) is 27.7 Å². The molecular formula is C11H19N3. The van der Waals surface area contributed by atoms with Crippen molar-refractivity contribution in [3.05, 3.63) is 0 Å². The number of terminal acetylenes is 1. The maximum Gasteiger partial charge on any atom is 0.192 e. The SMILES string of the molecule is C#CC(C)(C)NC1=NCC(C)(C)CN1. The van der Waals surface area contributed by atoms with Crippen LogP contribution >= 0.6 is 0 Å². The second-order valence-corrected chi connectivity index (χ2v) is 5.08. The molecule has 1 aliphatic heterocycles. The van der Waals surface area contributed by atoms with E-state index in [-0.39, 0.29) is 11.0 Å². The molecule has 0 aromatic carbocycles. The maximum atomic E-state index is 5.38. The van der Waals surface area contributed by atoms with Crippen molar-refractivity contribution in [2.75, 3.05) is 13.1 Å². The van der Waals surface area contributed by atoms with E-state index in [2.05, 4.69) is 35.4 Å². The fourth-order valence-corrected chi connectivity index (χ4v) is 1.14. The molecule has 1 aliphatic rings. The van der Waals surface area contributed by atoms with E-state index in [1.165, 1.54) is 0 Å². The summed E-state index contributed by atoms with van der Waals surface area (Å²) < 4.78 is 0. The summed E-state index contributed by atoms with van der Waals surface area (Å²) in [5.74, 6) is 3.49. The fraction of sp³-hybridized carbons (Fsp3) is 0.727. The summed E-state index contributed by atoms with van der Waals surface area (Å²) in [7, 11) is 0. The normalized spacial score (nSPS) is 20.4. The lowest BCUT2D eigenvalue weighted by molar-refractivity contribution is 0.355. The lowest BCUT2D eigenvalue weighted by atomic mass is 9.93. The molecule has 0 aliphatic carbocycles. The number of hydrogen-bond acceptors (Lipinski definition) is 3. The van der Waals surface area contributed by atoms with E-state index in [9.17, 15) is 0 Å². The Morgan fingerprint density at radius 2 is 2.21 bits per heavy atom. The number of hydrogen-bond donors (Lipinski definition) is 2. The molecule has 78 valence electrons. The number of rotatable bonds is 1. The first kappa shape index (κ1) is 10.9. The van der Waals surface area contributed by atoms with Crippen molar-refractivity contribution in [1.29, 1.82) is 0 Å². The first-order chi connectivity index (χ1) is 6.35. The summed E-state index contributed by atoms with van der Waals surface area (Å²) in [4.78, 5) is 4.41. The molecule has 0 spiro atoms. The second kappa shape index (κ2) is 3.53. The van der Waals surface area contributed by atoms with E-state index in [0.717, 1.165) is 19.0 Å². The molecule has 0 atom stereocenters. The molecule has 0 saturated carbocycles. The Morgan fingerprint density at radius 1 is 1.57 bits per heavy atom. The molecule has 0 saturated heterocycles. The van der Waals surface area contributed by atoms with Gasteiger partial charge < -0.3 is 10.6 Å². The number of nitrogens with zero attached hydrogens (tertiary/aromatic N) is 1. The van der Waals surface area contributed by atoms with Gasteiger partial charge in [-0.05, 0) is 13.8 Å². The number of aliphatic imine (C=N–C) groups is 1. The minimum Gasteiger partial charge on any atom is -0.356 e. The monoisotopic (exact) mass is 193 g/mol. The highest BCUT2D eigenvalue weighted by atomic mass is 15.2. The molecule has 0 radical (unpaired) electrons. The molecule has 0 aromatic heterocycles. The van der Waals surface area contributed by atoms with E-state index >= 15 is 0 Å². The third-order valence-corrected chi connectivity index (χ3v) is 2.19. The van der Waals surface area contributed by atoms with Crippen LogP contribution in [0, 0.1) is 17.8 Å². The molecule has 0 fully saturated rings. The zero-order valence-corrected chi connectivity index (χ0v) is 9.44. The highest BCUT2D eigenvalue weighted by Crippen LogP contribution is 2.16. The Labute approximate surface area is 86.4 Å². The fourth-order valence-electron chi connectivity index (χ4n) is 1.14. The van der Waals surface area contributed by atoms with Crippen LogP contribution in [-0.2, 0) is 0 Å². The summed E-state index contributed by atoms with van der Waals surface area (Å²) in [5.41, 5.74) is -0.0984. The van der Waals surface area contributed by atoms with Gasteiger partial charge in [0, 0.05) is 18.5 Å². The lowest BCUT2D eigenvalue weighted by Gasteiger charge is -2.32. The molecule has 0 unspecified atom stereocenters. The van der Waals surface area contributed by atoms with Gasteiger partial charge in [0.1, 0.15) is 0 Å². The molecule has 3 heteroatoms. The van der Waals surface area contributed by atoms with Crippen LogP contribution in [-0.4, -0.2) is 24.6 Å². The Hall–Kier alpha value is -1.17. The zero-order valence-electron chi connectivity index (χ0n) is 9.44. The van der Waals surface area contributed by atoms with Gasteiger partial charge in [0.15, 0.2) is 5.96 Å². The molecule has 0 amide bonds. The van der Waals surface area contributed by atoms with Crippen molar-refractivity contribution in [3.63, 3.8) is 0 Å². The number of nitrogens with one attached hydrogen (secondary N) is 2. The maximum absolute atomic E-state index is 5.38. The quantitative estimate of drug-likeness (QED) is 0.609. The highest BCUT2D eigenvalue weighted by molar-refractivity contribution is 5.81. The summed E-state index contributed by atoms with van der Waals surface area (Å²) >= 11 is 0. The predicted molar refractivity (Wildman–Crippen MR) is 60.1 cm³/mol. The second-order valence-electron chi connectivity index (χ2n) is 5.08. The van der Waals surface area contributed by atoms with Crippen LogP contribution in [0.2, 0.25) is 0 Å². The van der Waals surface area contributed by atoms with E-state index in [4.69, 9.17) is 6.42 Å². The van der Waals surface area contributed by atoms with Gasteiger partial charge in [-0.2, -0.15) is 0 Å². The topological polar surface area (TPSA) is 36.4 Å². The van der Waals surface area contributed by atoms with E-state index in [1.807, 2.05) is 13.8 Å². The van der Waals surface area contributed by atoms with Crippen molar-refractivity contribution in [3.8, 4) is 12.3 Å². The van der Waals surface area contributed by atoms with Crippen molar-refractivity contribution in [1.82, 2.24) is 10.6 Å². The van der Waals surface area contributed by atoms with Crippen molar-refractivity contribution in [2.24, 2.45) is 10.4 Å². The van der Waals surface area contributed by atoms with Gasteiger partial charge in [0.25, 0.3) is 0 Å². The van der Waals surface area contributed by atoms with Gasteiger partial charge in [-0.1, -0.05) is 19.8 Å². The summed E-state index contributed by atoms with van der Waals surface area (Å²) in [5, 5.41) is 6.43.